The second-order valence-electron chi connectivity index (χ2n) is 5.21. The normalized spacial score (nSPS) is 12.0. The Morgan fingerprint density at radius 3 is 2.52 bits per heavy atom. The molecule has 7 heteroatoms. The van der Waals surface area contributed by atoms with Crippen LogP contribution >= 0.6 is 15.9 Å². The van der Waals surface area contributed by atoms with Gasteiger partial charge in [0.2, 0.25) is 14.9 Å². The van der Waals surface area contributed by atoms with E-state index in [1.807, 2.05) is 0 Å². The number of furan rings is 1. The molecule has 0 bridgehead atoms. The smallest absolute Gasteiger partial charge is 0.222 e. The summed E-state index contributed by atoms with van der Waals surface area (Å²) < 4.78 is 56.8. The monoisotopic (exact) mass is 400 g/mol. The van der Waals surface area contributed by atoms with E-state index in [1.165, 1.54) is 30.3 Å². The first kappa shape index (κ1) is 16.1. The summed E-state index contributed by atoms with van der Waals surface area (Å²) in [6.45, 7) is 0. The maximum Gasteiger partial charge on any atom is 0.222 e. The molecule has 0 atom stereocenters. The van der Waals surface area contributed by atoms with Crippen LogP contribution in [0.15, 0.2) is 50.4 Å². The van der Waals surface area contributed by atoms with Crippen LogP contribution in [0.4, 0.5) is 8.78 Å². The van der Waals surface area contributed by atoms with E-state index in [0.717, 1.165) is 6.26 Å². The fraction of sp³-hybridized carbons (Fsp3) is 0.125. The fourth-order valence-corrected chi connectivity index (χ4v) is 3.85. The van der Waals surface area contributed by atoms with Crippen LogP contribution < -0.4 is 0 Å². The van der Waals surface area contributed by atoms with Gasteiger partial charge in [0.25, 0.3) is 0 Å². The van der Waals surface area contributed by atoms with Crippen LogP contribution in [0, 0.1) is 11.6 Å². The van der Waals surface area contributed by atoms with Gasteiger partial charge < -0.3 is 4.42 Å². The van der Waals surface area contributed by atoms with Crippen LogP contribution in [0.25, 0.3) is 11.0 Å². The quantitative estimate of drug-likeness (QED) is 0.651. The van der Waals surface area contributed by atoms with Crippen LogP contribution in [0.3, 0.4) is 0 Å². The first-order valence-corrected chi connectivity index (χ1v) is 9.29. The Labute approximate surface area is 140 Å². The summed E-state index contributed by atoms with van der Waals surface area (Å²) in [7, 11) is -3.66. The molecule has 3 aromatic rings. The maximum absolute atomic E-state index is 13.7. The van der Waals surface area contributed by atoms with E-state index < -0.39 is 21.5 Å². The molecule has 0 fully saturated rings. The van der Waals surface area contributed by atoms with Crippen LogP contribution in [-0.2, 0) is 16.3 Å². The van der Waals surface area contributed by atoms with Crippen LogP contribution in [0.5, 0.6) is 0 Å². The molecule has 1 aromatic heterocycles. The van der Waals surface area contributed by atoms with Crippen molar-refractivity contribution in [3.8, 4) is 0 Å². The van der Waals surface area contributed by atoms with E-state index in [9.17, 15) is 17.2 Å². The third-order valence-corrected chi connectivity index (χ3v) is 4.97. The molecular weight excluding hydrogens is 390 g/mol. The number of hydrogen-bond donors (Lipinski definition) is 0. The Kier molecular flexibility index (Phi) is 4.01. The highest BCUT2D eigenvalue weighted by Gasteiger charge is 2.24. The maximum atomic E-state index is 13.7. The summed E-state index contributed by atoms with van der Waals surface area (Å²) in [5.74, 6) is -0.950. The van der Waals surface area contributed by atoms with Crippen molar-refractivity contribution in [1.82, 2.24) is 0 Å². The third kappa shape index (κ3) is 3.16. The molecule has 0 amide bonds. The van der Waals surface area contributed by atoms with E-state index in [-0.39, 0.29) is 17.1 Å². The lowest BCUT2D eigenvalue weighted by atomic mass is 10.0. The number of hydrogen-bond acceptors (Lipinski definition) is 3. The van der Waals surface area contributed by atoms with Gasteiger partial charge in [-0.3, -0.25) is 0 Å². The molecule has 3 rings (SSSR count). The van der Waals surface area contributed by atoms with E-state index >= 15 is 0 Å². The van der Waals surface area contributed by atoms with Gasteiger partial charge in [0.1, 0.15) is 11.6 Å². The zero-order valence-corrected chi connectivity index (χ0v) is 14.3. The number of sulfone groups is 1. The SMILES string of the molecule is CS(=O)(=O)c1oc2c(Br)cc(F)cc2c1Cc1cccc(F)c1. The molecule has 0 aliphatic heterocycles. The lowest BCUT2D eigenvalue weighted by Gasteiger charge is -2.03. The summed E-state index contributed by atoms with van der Waals surface area (Å²) in [6.07, 6.45) is 1.13. The highest BCUT2D eigenvalue weighted by Crippen LogP contribution is 2.36. The summed E-state index contributed by atoms with van der Waals surface area (Å²) in [5.41, 5.74) is 1.13. The lowest BCUT2D eigenvalue weighted by Crippen LogP contribution is -2.00. The van der Waals surface area contributed by atoms with Crippen molar-refractivity contribution in [2.24, 2.45) is 0 Å². The van der Waals surface area contributed by atoms with Crippen LogP contribution in [0.1, 0.15) is 11.1 Å². The van der Waals surface area contributed by atoms with Gasteiger partial charge in [-0.2, -0.15) is 0 Å². The van der Waals surface area contributed by atoms with E-state index in [2.05, 4.69) is 15.9 Å². The Morgan fingerprint density at radius 1 is 1.13 bits per heavy atom. The highest BCUT2D eigenvalue weighted by atomic mass is 79.9. The second kappa shape index (κ2) is 5.72. The van der Waals surface area contributed by atoms with E-state index in [0.29, 0.717) is 21.0 Å². The molecule has 0 N–H and O–H groups in total. The predicted molar refractivity (Wildman–Crippen MR) is 86.2 cm³/mol. The van der Waals surface area contributed by atoms with Crippen molar-refractivity contribution in [3.63, 3.8) is 0 Å². The minimum Gasteiger partial charge on any atom is -0.443 e. The minimum absolute atomic E-state index is 0.114. The zero-order valence-electron chi connectivity index (χ0n) is 11.9. The van der Waals surface area contributed by atoms with Gasteiger partial charge in [-0.05, 0) is 45.8 Å². The average Bonchev–Trinajstić information content (AvgIpc) is 2.78. The van der Waals surface area contributed by atoms with Gasteiger partial charge in [0, 0.05) is 23.6 Å². The molecule has 0 saturated heterocycles. The van der Waals surface area contributed by atoms with Crippen LogP contribution in [-0.4, -0.2) is 14.7 Å². The minimum atomic E-state index is -3.66. The van der Waals surface area contributed by atoms with Crippen molar-refractivity contribution < 1.29 is 21.6 Å². The Bertz CT molecular complexity index is 1010. The molecule has 1 heterocycles. The number of rotatable bonds is 3. The van der Waals surface area contributed by atoms with Gasteiger partial charge in [-0.25, -0.2) is 17.2 Å². The van der Waals surface area contributed by atoms with Crippen molar-refractivity contribution in [2.45, 2.75) is 11.5 Å². The molecular formula is C16H11BrF2O3S. The van der Waals surface area contributed by atoms with Crippen LogP contribution in [0.2, 0.25) is 0 Å². The lowest BCUT2D eigenvalue weighted by molar-refractivity contribution is 0.477. The second-order valence-corrected chi connectivity index (χ2v) is 7.98. The third-order valence-electron chi connectivity index (χ3n) is 3.38. The topological polar surface area (TPSA) is 47.3 Å². The summed E-state index contributed by atoms with van der Waals surface area (Å²) in [5, 5.41) is 0.115. The van der Waals surface area contributed by atoms with E-state index in [1.54, 1.807) is 6.07 Å². The van der Waals surface area contributed by atoms with Gasteiger partial charge in [-0.15, -0.1) is 0 Å². The number of halogens is 3. The largest absolute Gasteiger partial charge is 0.443 e. The van der Waals surface area contributed by atoms with Gasteiger partial charge in [-0.1, -0.05) is 12.1 Å². The summed E-state index contributed by atoms with van der Waals surface area (Å²) >= 11 is 3.17. The molecule has 120 valence electrons. The van der Waals surface area contributed by atoms with Crippen molar-refractivity contribution >= 4 is 36.7 Å². The molecule has 0 aliphatic rings. The predicted octanol–water partition coefficient (Wildman–Crippen LogP) is 4.47. The number of fused-ring (bicyclic) bond motifs is 1. The van der Waals surface area contributed by atoms with Crippen molar-refractivity contribution in [3.05, 3.63) is 63.6 Å². The zero-order chi connectivity index (χ0) is 16.8. The van der Waals surface area contributed by atoms with Crippen molar-refractivity contribution in [2.75, 3.05) is 6.26 Å². The Morgan fingerprint density at radius 2 is 1.87 bits per heavy atom. The molecule has 23 heavy (non-hydrogen) atoms. The highest BCUT2D eigenvalue weighted by molar-refractivity contribution is 9.10. The summed E-state index contributed by atoms with van der Waals surface area (Å²) in [6, 6.07) is 8.21. The molecule has 0 aliphatic carbocycles. The average molecular weight is 401 g/mol. The van der Waals surface area contributed by atoms with E-state index in [4.69, 9.17) is 4.42 Å². The molecule has 3 nitrogen and oxygen atoms in total. The molecule has 2 aromatic carbocycles. The molecule has 0 radical (unpaired) electrons. The fourth-order valence-electron chi connectivity index (χ4n) is 2.47. The van der Waals surface area contributed by atoms with Crippen molar-refractivity contribution in [1.29, 1.82) is 0 Å². The Hall–Kier alpha value is -1.73. The van der Waals surface area contributed by atoms with Gasteiger partial charge in [0.05, 0.1) is 4.47 Å². The van der Waals surface area contributed by atoms with Gasteiger partial charge in [0.15, 0.2) is 5.58 Å². The Balaban J connectivity index is 2.28. The number of benzene rings is 2. The van der Waals surface area contributed by atoms with Gasteiger partial charge >= 0.3 is 0 Å². The molecule has 0 spiro atoms. The first-order valence-electron chi connectivity index (χ1n) is 6.60. The summed E-state index contributed by atoms with van der Waals surface area (Å²) in [4.78, 5) is 0. The first-order chi connectivity index (χ1) is 10.8. The molecule has 0 unspecified atom stereocenters. The molecule has 0 saturated carbocycles. The standard InChI is InChI=1S/C16H11BrF2O3S/c1-23(20,21)16-13(6-9-3-2-4-10(18)5-9)12-7-11(19)8-14(17)15(12)22-16/h2-5,7-8H,6H2,1H3.